The van der Waals surface area contributed by atoms with E-state index in [2.05, 4.69) is 36.6 Å². The van der Waals surface area contributed by atoms with E-state index in [1.807, 2.05) is 0 Å². The summed E-state index contributed by atoms with van der Waals surface area (Å²) < 4.78 is 10.5. The monoisotopic (exact) mass is 359 g/mol. The number of H-pyrrole nitrogens is 1. The van der Waals surface area contributed by atoms with Crippen molar-refractivity contribution in [1.29, 1.82) is 0 Å². The van der Waals surface area contributed by atoms with Gasteiger partial charge in [-0.15, -0.1) is 10.2 Å². The summed E-state index contributed by atoms with van der Waals surface area (Å²) in [5.41, 5.74) is 0.485. The molecule has 0 radical (unpaired) electrons. The normalized spacial score (nSPS) is 20.8. The van der Waals surface area contributed by atoms with Gasteiger partial charge in [-0.1, -0.05) is 5.21 Å². The van der Waals surface area contributed by atoms with Gasteiger partial charge in [0.1, 0.15) is 0 Å². The van der Waals surface area contributed by atoms with Crippen LogP contribution in [-0.2, 0) is 11.3 Å². The third-order valence-electron chi connectivity index (χ3n) is 4.23. The Morgan fingerprint density at radius 1 is 1.27 bits per heavy atom. The number of hydrogen-bond donors (Lipinski definition) is 4. The Morgan fingerprint density at radius 3 is 3.00 bits per heavy atom. The smallest absolute Gasteiger partial charge is 0.251 e. The molecule has 26 heavy (non-hydrogen) atoms. The third kappa shape index (κ3) is 3.42. The summed E-state index contributed by atoms with van der Waals surface area (Å²) in [6, 6.07) is 4.51. The number of hydrogen-bond acceptors (Lipinski definition) is 8. The fourth-order valence-electron chi connectivity index (χ4n) is 2.90. The van der Waals surface area contributed by atoms with E-state index in [4.69, 9.17) is 9.47 Å². The third-order valence-corrected chi connectivity index (χ3v) is 4.23. The number of rotatable bonds is 5. The number of aromatic nitrogens is 4. The van der Waals surface area contributed by atoms with Crippen LogP contribution in [-0.4, -0.2) is 57.9 Å². The van der Waals surface area contributed by atoms with Crippen LogP contribution < -0.4 is 25.4 Å². The molecule has 0 unspecified atom stereocenters. The maximum atomic E-state index is 12.4. The van der Waals surface area contributed by atoms with Crippen molar-refractivity contribution in [2.75, 3.05) is 13.3 Å². The van der Waals surface area contributed by atoms with Crippen LogP contribution in [0.2, 0.25) is 0 Å². The molecule has 1 saturated heterocycles. The average molecular weight is 359 g/mol. The van der Waals surface area contributed by atoms with Crippen molar-refractivity contribution in [3.63, 3.8) is 0 Å². The lowest BCUT2D eigenvalue weighted by Crippen LogP contribution is -2.40. The highest BCUT2D eigenvalue weighted by atomic mass is 16.7. The van der Waals surface area contributed by atoms with E-state index in [0.29, 0.717) is 35.9 Å². The second-order valence-corrected chi connectivity index (χ2v) is 5.98. The number of nitrogens with one attached hydrogen (secondary N) is 4. The number of tetrazole rings is 1. The molecule has 4 N–H and O–H groups in total. The summed E-state index contributed by atoms with van der Waals surface area (Å²) in [5, 5.41) is 22.0. The van der Waals surface area contributed by atoms with E-state index >= 15 is 0 Å². The molecule has 2 amide bonds. The maximum absolute atomic E-state index is 12.4. The molecule has 1 aromatic heterocycles. The molecule has 2 aromatic rings. The van der Waals surface area contributed by atoms with Gasteiger partial charge in [0.2, 0.25) is 12.7 Å². The van der Waals surface area contributed by atoms with Crippen LogP contribution in [0.4, 0.5) is 0 Å². The van der Waals surface area contributed by atoms with Crippen LogP contribution in [0, 0.1) is 0 Å². The Labute approximate surface area is 147 Å². The molecule has 1 fully saturated rings. The molecule has 11 heteroatoms. The van der Waals surface area contributed by atoms with Crippen molar-refractivity contribution < 1.29 is 19.1 Å². The fraction of sp³-hybridized carbons (Fsp3) is 0.400. The van der Waals surface area contributed by atoms with Crippen LogP contribution in [0.15, 0.2) is 18.2 Å². The van der Waals surface area contributed by atoms with Crippen molar-refractivity contribution in [2.45, 2.75) is 25.0 Å². The molecule has 2 aliphatic heterocycles. The second-order valence-electron chi connectivity index (χ2n) is 5.98. The zero-order valence-electron chi connectivity index (χ0n) is 13.7. The van der Waals surface area contributed by atoms with Crippen molar-refractivity contribution in [1.82, 2.24) is 36.6 Å². The molecule has 0 bridgehead atoms. The highest BCUT2D eigenvalue weighted by Gasteiger charge is 2.30. The Hall–Kier alpha value is -3.21. The van der Waals surface area contributed by atoms with E-state index in [9.17, 15) is 9.59 Å². The molecule has 0 spiro atoms. The minimum absolute atomic E-state index is 0.145. The van der Waals surface area contributed by atoms with Gasteiger partial charge in [-0.25, -0.2) is 0 Å². The lowest BCUT2D eigenvalue weighted by atomic mass is 10.1. The molecule has 2 atom stereocenters. The first kappa shape index (κ1) is 16.3. The minimum Gasteiger partial charge on any atom is -0.454 e. The lowest BCUT2D eigenvalue weighted by Gasteiger charge is -2.12. The zero-order valence-corrected chi connectivity index (χ0v) is 13.7. The highest BCUT2D eigenvalue weighted by Crippen LogP contribution is 2.32. The van der Waals surface area contributed by atoms with Gasteiger partial charge in [0, 0.05) is 18.2 Å². The van der Waals surface area contributed by atoms with Gasteiger partial charge in [-0.3, -0.25) is 9.59 Å². The summed E-state index contributed by atoms with van der Waals surface area (Å²) >= 11 is 0. The average Bonchev–Trinajstić information content (AvgIpc) is 3.39. The van der Waals surface area contributed by atoms with Gasteiger partial charge in [0.05, 0.1) is 12.6 Å². The molecule has 1 aromatic carbocycles. The Bertz CT molecular complexity index is 810. The van der Waals surface area contributed by atoms with E-state index in [0.717, 1.165) is 0 Å². The van der Waals surface area contributed by atoms with E-state index < -0.39 is 0 Å². The molecule has 3 heterocycles. The summed E-state index contributed by atoms with van der Waals surface area (Å²) in [6.45, 7) is 0.867. The van der Waals surface area contributed by atoms with Crippen LogP contribution in [0.3, 0.4) is 0 Å². The Balaban J connectivity index is 1.28. The molecule has 0 aliphatic carbocycles. The van der Waals surface area contributed by atoms with Gasteiger partial charge in [-0.2, -0.15) is 5.21 Å². The van der Waals surface area contributed by atoms with Gasteiger partial charge in [0.25, 0.3) is 5.91 Å². The summed E-state index contributed by atoms with van der Waals surface area (Å²) in [6.07, 6.45) is 0.494. The van der Waals surface area contributed by atoms with Crippen LogP contribution in [0.1, 0.15) is 22.6 Å². The van der Waals surface area contributed by atoms with E-state index in [1.165, 1.54) is 0 Å². The van der Waals surface area contributed by atoms with Gasteiger partial charge in [0.15, 0.2) is 17.3 Å². The number of nitrogens with zero attached hydrogens (tertiary/aromatic N) is 3. The molecule has 0 saturated carbocycles. The molecule has 2 aliphatic rings. The minimum atomic E-state index is -0.385. The first-order valence-corrected chi connectivity index (χ1v) is 8.13. The number of fused-ring (bicyclic) bond motifs is 1. The summed E-state index contributed by atoms with van der Waals surface area (Å²) in [4.78, 5) is 24.6. The van der Waals surface area contributed by atoms with Crippen molar-refractivity contribution in [3.8, 4) is 11.5 Å². The van der Waals surface area contributed by atoms with Crippen molar-refractivity contribution >= 4 is 11.8 Å². The zero-order chi connectivity index (χ0) is 17.9. The quantitative estimate of drug-likeness (QED) is 0.516. The standard InChI is InChI=1S/C15H17N7O4/c23-14(8-1-2-11-12(3-8)26-7-25-11)18-9-4-10(16-5-9)15(24)17-6-13-19-21-22-20-13/h1-3,9-10,16H,4-7H2,(H,17,24)(H,18,23)(H,19,20,21,22)/t9-,10+/m1/s1. The fourth-order valence-corrected chi connectivity index (χ4v) is 2.90. The first-order chi connectivity index (χ1) is 12.7. The topological polar surface area (TPSA) is 143 Å². The van der Waals surface area contributed by atoms with E-state index in [1.54, 1.807) is 18.2 Å². The van der Waals surface area contributed by atoms with Crippen molar-refractivity contribution in [3.05, 3.63) is 29.6 Å². The molecule has 4 rings (SSSR count). The molecule has 136 valence electrons. The van der Waals surface area contributed by atoms with Gasteiger partial charge in [-0.05, 0) is 24.6 Å². The van der Waals surface area contributed by atoms with E-state index in [-0.39, 0.29) is 37.2 Å². The highest BCUT2D eigenvalue weighted by molar-refractivity contribution is 5.95. The lowest BCUT2D eigenvalue weighted by molar-refractivity contribution is -0.123. The predicted molar refractivity (Wildman–Crippen MR) is 86.3 cm³/mol. The Kier molecular flexibility index (Phi) is 4.35. The number of carbonyl (C=O) groups excluding carboxylic acids is 2. The largest absolute Gasteiger partial charge is 0.454 e. The van der Waals surface area contributed by atoms with Gasteiger partial charge >= 0.3 is 0 Å². The number of benzene rings is 1. The second kappa shape index (κ2) is 6.96. The predicted octanol–water partition coefficient (Wildman–Crippen LogP) is -1.29. The first-order valence-electron chi connectivity index (χ1n) is 8.13. The van der Waals surface area contributed by atoms with Crippen LogP contribution in [0.5, 0.6) is 11.5 Å². The van der Waals surface area contributed by atoms with Crippen LogP contribution >= 0.6 is 0 Å². The number of aromatic amines is 1. The van der Waals surface area contributed by atoms with Crippen LogP contribution in [0.25, 0.3) is 0 Å². The number of carbonyl (C=O) groups is 2. The summed E-state index contributed by atoms with van der Waals surface area (Å²) in [7, 11) is 0. The maximum Gasteiger partial charge on any atom is 0.251 e. The Morgan fingerprint density at radius 2 is 2.15 bits per heavy atom. The summed E-state index contributed by atoms with van der Waals surface area (Å²) in [5.74, 6) is 1.20. The molecule has 11 nitrogen and oxygen atoms in total. The molecular formula is C15H17N7O4. The van der Waals surface area contributed by atoms with Gasteiger partial charge < -0.3 is 25.4 Å². The van der Waals surface area contributed by atoms with Crippen molar-refractivity contribution in [2.24, 2.45) is 0 Å². The number of ether oxygens (including phenoxy) is 2. The molecular weight excluding hydrogens is 342 g/mol. The SMILES string of the molecule is O=C(N[C@H]1CN[C@H](C(=O)NCc2nn[nH]n2)C1)c1ccc2c(c1)OCO2. The number of amides is 2.